The van der Waals surface area contributed by atoms with E-state index in [4.69, 9.17) is 0 Å². The first kappa shape index (κ1) is 15.3. The lowest BCUT2D eigenvalue weighted by Crippen LogP contribution is -2.44. The van der Waals surface area contributed by atoms with E-state index in [0.717, 1.165) is 32.5 Å². The fraction of sp³-hybridized carbons (Fsp3) is 0.625. The van der Waals surface area contributed by atoms with Crippen LogP contribution in [0, 0.1) is 5.92 Å². The number of hydrogen-bond acceptors (Lipinski definition) is 5. The molecule has 0 aromatic carbocycles. The van der Waals surface area contributed by atoms with Crippen LogP contribution in [0.3, 0.4) is 0 Å². The lowest BCUT2D eigenvalue weighted by atomic mass is 9.95. The molecule has 1 N–H and O–H groups in total. The number of nitrogens with zero attached hydrogens (tertiary/aromatic N) is 5. The third kappa shape index (κ3) is 2.60. The van der Waals surface area contributed by atoms with Gasteiger partial charge in [0.1, 0.15) is 11.2 Å². The second-order valence-electron chi connectivity index (χ2n) is 6.97. The van der Waals surface area contributed by atoms with E-state index in [9.17, 15) is 9.59 Å². The summed E-state index contributed by atoms with van der Waals surface area (Å²) in [5, 5.41) is 4.62. The third-order valence-corrected chi connectivity index (χ3v) is 5.28. The Bertz CT molecular complexity index is 841. The summed E-state index contributed by atoms with van der Waals surface area (Å²) in [5.74, 6) is 1.31. The maximum absolute atomic E-state index is 12.2. The number of carbonyl (C=O) groups excluding carboxylic acids is 1. The van der Waals surface area contributed by atoms with Gasteiger partial charge in [0.2, 0.25) is 5.91 Å². The number of aryl methyl sites for hydroxylation is 1. The minimum atomic E-state index is -0.145. The second kappa shape index (κ2) is 5.70. The molecular formula is C16H22N6O2. The molecule has 8 heteroatoms. The zero-order valence-electron chi connectivity index (χ0n) is 14.0. The van der Waals surface area contributed by atoms with Crippen LogP contribution < -0.4 is 5.56 Å². The number of piperidine rings is 1. The average molecular weight is 330 g/mol. The summed E-state index contributed by atoms with van der Waals surface area (Å²) in [4.78, 5) is 35.8. The largest absolute Gasteiger partial charge is 0.341 e. The van der Waals surface area contributed by atoms with Gasteiger partial charge < -0.3 is 9.88 Å². The van der Waals surface area contributed by atoms with Gasteiger partial charge in [0.15, 0.2) is 5.65 Å². The number of hydrogen-bond donors (Lipinski definition) is 1. The molecule has 5 rings (SSSR count). The van der Waals surface area contributed by atoms with Crippen LogP contribution in [0.5, 0.6) is 0 Å². The topological polar surface area (TPSA) is 87.1 Å². The molecule has 3 aliphatic rings. The summed E-state index contributed by atoms with van der Waals surface area (Å²) in [5.41, 5.74) is 0.465. The average Bonchev–Trinajstić information content (AvgIpc) is 2.73. The fourth-order valence-electron chi connectivity index (χ4n) is 3.98. The number of aromatic nitrogens is 4. The van der Waals surface area contributed by atoms with Crippen molar-refractivity contribution in [1.29, 1.82) is 0 Å². The van der Waals surface area contributed by atoms with Crippen molar-refractivity contribution in [1.82, 2.24) is 29.5 Å². The summed E-state index contributed by atoms with van der Waals surface area (Å²) in [6.07, 6.45) is 3.80. The lowest BCUT2D eigenvalue weighted by molar-refractivity contribution is -0.129. The Morgan fingerprint density at radius 1 is 1.33 bits per heavy atom. The molecule has 3 aliphatic heterocycles. The van der Waals surface area contributed by atoms with Gasteiger partial charge in [-0.15, -0.1) is 0 Å². The molecule has 0 radical (unpaired) electrons. The van der Waals surface area contributed by atoms with E-state index < -0.39 is 0 Å². The lowest BCUT2D eigenvalue weighted by Gasteiger charge is -2.35. The molecule has 3 saturated heterocycles. The molecular weight excluding hydrogens is 308 g/mol. The first-order valence-electron chi connectivity index (χ1n) is 8.41. The number of amides is 1. The SMILES string of the molecule is CC(=O)N1C[C@@H]2CC[C@H](C1)N(Cc1nc3c(cnn3C)c(=O)[nH]1)C2. The number of aromatic amines is 1. The summed E-state index contributed by atoms with van der Waals surface area (Å²) >= 11 is 0. The molecule has 0 spiro atoms. The van der Waals surface area contributed by atoms with Gasteiger partial charge in [-0.2, -0.15) is 5.10 Å². The van der Waals surface area contributed by atoms with E-state index >= 15 is 0 Å². The van der Waals surface area contributed by atoms with E-state index in [1.165, 1.54) is 0 Å². The highest BCUT2D eigenvalue weighted by atomic mass is 16.2. The molecule has 128 valence electrons. The Hall–Kier alpha value is -2.22. The van der Waals surface area contributed by atoms with Crippen molar-refractivity contribution >= 4 is 16.9 Å². The highest BCUT2D eigenvalue weighted by Gasteiger charge is 2.35. The number of H-pyrrole nitrogens is 1. The Kier molecular flexibility index (Phi) is 3.64. The molecule has 0 aliphatic carbocycles. The summed E-state index contributed by atoms with van der Waals surface area (Å²) in [7, 11) is 1.79. The van der Waals surface area contributed by atoms with Gasteiger partial charge in [-0.3, -0.25) is 19.2 Å². The molecule has 2 aromatic rings. The van der Waals surface area contributed by atoms with Crippen molar-refractivity contribution in [3.8, 4) is 0 Å². The molecule has 1 amide bonds. The van der Waals surface area contributed by atoms with Crippen molar-refractivity contribution < 1.29 is 4.79 Å². The number of nitrogens with one attached hydrogen (secondary N) is 1. The molecule has 0 saturated carbocycles. The van der Waals surface area contributed by atoms with E-state index in [1.807, 2.05) is 4.90 Å². The van der Waals surface area contributed by atoms with Crippen molar-refractivity contribution in [2.45, 2.75) is 32.4 Å². The van der Waals surface area contributed by atoms with E-state index in [1.54, 1.807) is 24.9 Å². The third-order valence-electron chi connectivity index (χ3n) is 5.28. The molecule has 2 aromatic heterocycles. The zero-order chi connectivity index (χ0) is 16.8. The molecule has 2 atom stereocenters. The fourth-order valence-corrected chi connectivity index (χ4v) is 3.98. The normalized spacial score (nSPS) is 24.5. The minimum absolute atomic E-state index is 0.145. The van der Waals surface area contributed by atoms with Gasteiger partial charge >= 0.3 is 0 Å². The summed E-state index contributed by atoms with van der Waals surface area (Å²) in [6.45, 7) is 4.80. The minimum Gasteiger partial charge on any atom is -0.341 e. The monoisotopic (exact) mass is 330 g/mol. The van der Waals surface area contributed by atoms with Crippen LogP contribution in [0.25, 0.3) is 11.0 Å². The van der Waals surface area contributed by atoms with Gasteiger partial charge in [0, 0.05) is 39.6 Å². The van der Waals surface area contributed by atoms with Crippen LogP contribution in [0.2, 0.25) is 0 Å². The molecule has 3 fully saturated rings. The van der Waals surface area contributed by atoms with Crippen LogP contribution >= 0.6 is 0 Å². The van der Waals surface area contributed by atoms with E-state index in [0.29, 0.717) is 35.4 Å². The molecule has 5 heterocycles. The van der Waals surface area contributed by atoms with Gasteiger partial charge in [-0.05, 0) is 18.8 Å². The Balaban J connectivity index is 1.60. The zero-order valence-corrected chi connectivity index (χ0v) is 14.0. The summed E-state index contributed by atoms with van der Waals surface area (Å²) in [6, 6.07) is 0.334. The van der Waals surface area contributed by atoms with Crippen molar-refractivity contribution in [3.63, 3.8) is 0 Å². The summed E-state index contributed by atoms with van der Waals surface area (Å²) < 4.78 is 1.63. The standard InChI is InChI=1S/C16H22N6O2/c1-10(23)21-6-11-3-4-12(8-21)22(7-11)9-14-18-15-13(16(24)19-14)5-17-20(15)2/h5,11-12H,3-4,6-9H2,1-2H3,(H,18,19,24)/t11-,12+/m0/s1. The maximum atomic E-state index is 12.2. The van der Waals surface area contributed by atoms with Crippen molar-refractivity contribution in [3.05, 3.63) is 22.4 Å². The quantitative estimate of drug-likeness (QED) is 0.844. The Morgan fingerprint density at radius 3 is 2.96 bits per heavy atom. The van der Waals surface area contributed by atoms with Crippen LogP contribution in [-0.2, 0) is 18.4 Å². The van der Waals surface area contributed by atoms with Crippen LogP contribution in [0.4, 0.5) is 0 Å². The van der Waals surface area contributed by atoms with Gasteiger partial charge in [0.25, 0.3) is 5.56 Å². The van der Waals surface area contributed by atoms with Gasteiger partial charge in [-0.1, -0.05) is 0 Å². The number of carbonyl (C=O) groups is 1. The van der Waals surface area contributed by atoms with Crippen molar-refractivity contribution in [2.24, 2.45) is 13.0 Å². The van der Waals surface area contributed by atoms with Gasteiger partial charge in [-0.25, -0.2) is 4.98 Å². The molecule has 24 heavy (non-hydrogen) atoms. The second-order valence-corrected chi connectivity index (χ2v) is 6.97. The highest BCUT2D eigenvalue weighted by molar-refractivity contribution is 5.73. The van der Waals surface area contributed by atoms with Crippen LogP contribution in [0.1, 0.15) is 25.6 Å². The first-order chi connectivity index (χ1) is 11.5. The van der Waals surface area contributed by atoms with Gasteiger partial charge in [0.05, 0.1) is 12.7 Å². The number of rotatable bonds is 2. The Labute approximate surface area is 139 Å². The van der Waals surface area contributed by atoms with E-state index in [2.05, 4.69) is 20.0 Å². The smallest absolute Gasteiger partial charge is 0.262 e. The Morgan fingerprint density at radius 2 is 2.17 bits per heavy atom. The highest BCUT2D eigenvalue weighted by Crippen LogP contribution is 2.28. The predicted molar refractivity (Wildman–Crippen MR) is 88.3 cm³/mol. The molecule has 8 nitrogen and oxygen atoms in total. The van der Waals surface area contributed by atoms with Crippen molar-refractivity contribution in [2.75, 3.05) is 19.6 Å². The van der Waals surface area contributed by atoms with E-state index in [-0.39, 0.29) is 11.5 Å². The maximum Gasteiger partial charge on any atom is 0.262 e. The molecule has 0 unspecified atom stereocenters. The predicted octanol–water partition coefficient (Wildman–Crippen LogP) is 0.0993. The molecule has 2 bridgehead atoms. The van der Waals surface area contributed by atoms with Crippen LogP contribution in [-0.4, -0.2) is 61.1 Å². The first-order valence-corrected chi connectivity index (χ1v) is 8.41. The van der Waals surface area contributed by atoms with Crippen LogP contribution in [0.15, 0.2) is 11.0 Å². The number of fused-ring (bicyclic) bond motifs is 5.